The van der Waals surface area contributed by atoms with Gasteiger partial charge in [0.1, 0.15) is 36.5 Å². The molecule has 2 amide bonds. The quantitative estimate of drug-likeness (QED) is 0.0424. The van der Waals surface area contributed by atoms with Gasteiger partial charge < -0.3 is 46.9 Å². The minimum Gasteiger partial charge on any atom is -0.541 e. The molecule has 0 saturated heterocycles. The van der Waals surface area contributed by atoms with Crippen molar-refractivity contribution in [2.45, 2.75) is 129 Å². The number of rotatable bonds is 22. The SMILES string of the molecule is C=CCOC[C@H]1c2c(c(OC)c(C)c(OC)c2OCC=C)C[C@@H](CO[Si](C)(C)C(C)(C)C)N1C(=O)[C@H](Cc1cc(O[Si](C)(C)C(C)(C)C)c(OC)c(C)c1OC)N(C)C(=O)OCC1c2ccccc2-c2ccccc21. The molecule has 0 saturated carbocycles. The molecular weight excluding hydrogens is 981 g/mol. The Morgan fingerprint density at radius 2 is 1.28 bits per heavy atom. The molecule has 6 rings (SSSR count). The fourth-order valence-corrected chi connectivity index (χ4v) is 12.0. The molecule has 0 bridgehead atoms. The lowest BCUT2D eigenvalue weighted by Crippen LogP contribution is -2.59. The van der Waals surface area contributed by atoms with E-state index in [4.69, 9.17) is 42.0 Å². The number of hydrogen-bond acceptors (Lipinski definition) is 11. The van der Waals surface area contributed by atoms with Crippen LogP contribution in [0.1, 0.15) is 92.4 Å². The third-order valence-corrected chi connectivity index (χ3v) is 24.9. The maximum atomic E-state index is 16.7. The van der Waals surface area contributed by atoms with Crippen LogP contribution in [0.15, 0.2) is 79.9 Å². The molecule has 1 aliphatic heterocycles. The van der Waals surface area contributed by atoms with Crippen LogP contribution in [0, 0.1) is 13.8 Å². The van der Waals surface area contributed by atoms with Crippen LogP contribution in [0.3, 0.4) is 0 Å². The molecule has 13 nitrogen and oxygen atoms in total. The Morgan fingerprint density at radius 3 is 1.81 bits per heavy atom. The number of fused-ring (bicyclic) bond motifs is 4. The predicted molar refractivity (Wildman–Crippen MR) is 304 cm³/mol. The highest BCUT2D eigenvalue weighted by atomic mass is 28.4. The largest absolute Gasteiger partial charge is 0.541 e. The van der Waals surface area contributed by atoms with E-state index in [-0.39, 0.29) is 61.4 Å². The molecule has 75 heavy (non-hydrogen) atoms. The van der Waals surface area contributed by atoms with Gasteiger partial charge >= 0.3 is 6.09 Å². The first-order valence-electron chi connectivity index (χ1n) is 26.0. The number of hydrogen-bond donors (Lipinski definition) is 0. The number of nitrogens with zero attached hydrogens (tertiary/aromatic N) is 2. The predicted octanol–water partition coefficient (Wildman–Crippen LogP) is 12.8. The lowest BCUT2D eigenvalue weighted by molar-refractivity contribution is -0.145. The zero-order valence-corrected chi connectivity index (χ0v) is 49.9. The number of carbonyl (C=O) groups excluding carboxylic acids is 2. The Kier molecular flexibility index (Phi) is 18.5. The molecule has 0 radical (unpaired) electrons. The van der Waals surface area contributed by atoms with Crippen molar-refractivity contribution in [3.05, 3.63) is 119 Å². The van der Waals surface area contributed by atoms with E-state index in [2.05, 4.69) is 105 Å². The van der Waals surface area contributed by atoms with Gasteiger partial charge in [0.25, 0.3) is 8.32 Å². The van der Waals surface area contributed by atoms with Gasteiger partial charge in [0.15, 0.2) is 25.6 Å². The van der Waals surface area contributed by atoms with Crippen LogP contribution in [0.4, 0.5) is 4.79 Å². The Labute approximate surface area is 449 Å². The van der Waals surface area contributed by atoms with Crippen molar-refractivity contribution in [1.82, 2.24) is 9.80 Å². The van der Waals surface area contributed by atoms with Gasteiger partial charge in [-0.05, 0) is 84.9 Å². The van der Waals surface area contributed by atoms with E-state index in [0.29, 0.717) is 57.6 Å². The minimum atomic E-state index is -2.46. The zero-order valence-electron chi connectivity index (χ0n) is 47.9. The topological polar surface area (TPSA) is 124 Å². The van der Waals surface area contributed by atoms with Crippen LogP contribution < -0.4 is 28.1 Å². The maximum Gasteiger partial charge on any atom is 0.410 e. The molecule has 0 spiro atoms. The van der Waals surface area contributed by atoms with Gasteiger partial charge in [0, 0.05) is 47.2 Å². The summed E-state index contributed by atoms with van der Waals surface area (Å²) in [6, 6.07) is 15.7. The Hall–Kier alpha value is -5.75. The van der Waals surface area contributed by atoms with Crippen molar-refractivity contribution in [3.8, 4) is 45.6 Å². The van der Waals surface area contributed by atoms with Gasteiger partial charge in [-0.3, -0.25) is 9.69 Å². The van der Waals surface area contributed by atoms with E-state index in [9.17, 15) is 0 Å². The average Bonchev–Trinajstić information content (AvgIpc) is 3.67. The molecular formula is C60H84N2O11Si2. The smallest absolute Gasteiger partial charge is 0.410 e. The Balaban J connectivity index is 1.58. The summed E-state index contributed by atoms with van der Waals surface area (Å²) in [5.74, 6) is 2.51. The van der Waals surface area contributed by atoms with Gasteiger partial charge in [-0.2, -0.15) is 0 Å². The molecule has 1 heterocycles. The van der Waals surface area contributed by atoms with Crippen LogP contribution in [0.5, 0.6) is 34.5 Å². The second-order valence-corrected chi connectivity index (χ2v) is 32.3. The maximum absolute atomic E-state index is 16.7. The Bertz CT molecular complexity index is 2680. The molecule has 0 unspecified atom stereocenters. The molecule has 4 aromatic rings. The van der Waals surface area contributed by atoms with Crippen LogP contribution >= 0.6 is 0 Å². The molecule has 0 N–H and O–H groups in total. The van der Waals surface area contributed by atoms with E-state index in [0.717, 1.165) is 33.4 Å². The van der Waals surface area contributed by atoms with Crippen molar-refractivity contribution < 1.29 is 51.6 Å². The summed E-state index contributed by atoms with van der Waals surface area (Å²) < 4.78 is 58.1. The summed E-state index contributed by atoms with van der Waals surface area (Å²) in [6.07, 6.45) is 3.00. The summed E-state index contributed by atoms with van der Waals surface area (Å²) in [4.78, 5) is 35.1. The summed E-state index contributed by atoms with van der Waals surface area (Å²) >= 11 is 0. The fourth-order valence-electron chi connectivity index (χ4n) is 10.00. The fraction of sp³-hybridized carbons (Fsp3) is 0.500. The van der Waals surface area contributed by atoms with Crippen molar-refractivity contribution >= 4 is 28.6 Å². The summed E-state index contributed by atoms with van der Waals surface area (Å²) in [5, 5.41) is -0.296. The van der Waals surface area contributed by atoms with E-state index >= 15 is 9.59 Å². The highest BCUT2D eigenvalue weighted by Crippen LogP contribution is 2.52. The highest BCUT2D eigenvalue weighted by molar-refractivity contribution is 6.75. The van der Waals surface area contributed by atoms with Crippen LogP contribution in [0.25, 0.3) is 11.1 Å². The van der Waals surface area contributed by atoms with Crippen LogP contribution in [-0.4, -0.2) is 119 Å². The summed E-state index contributed by atoms with van der Waals surface area (Å²) in [7, 11) is 3.18. The Morgan fingerprint density at radius 1 is 0.733 bits per heavy atom. The van der Waals surface area contributed by atoms with E-state index < -0.39 is 40.9 Å². The first-order chi connectivity index (χ1) is 35.3. The van der Waals surface area contributed by atoms with E-state index in [1.165, 1.54) is 4.90 Å². The summed E-state index contributed by atoms with van der Waals surface area (Å²) in [5.41, 5.74) is 7.96. The molecule has 0 aromatic heterocycles. The first kappa shape index (κ1) is 58.5. The monoisotopic (exact) mass is 1060 g/mol. The van der Waals surface area contributed by atoms with Gasteiger partial charge in [0.05, 0.1) is 60.3 Å². The second kappa shape index (κ2) is 23.6. The molecule has 408 valence electrons. The minimum absolute atomic E-state index is 0.00115. The third kappa shape index (κ3) is 11.8. The molecule has 2 aliphatic rings. The number of carbonyl (C=O) groups is 2. The number of methoxy groups -OCH3 is 4. The number of benzene rings is 4. The number of ether oxygens (including phenoxy) is 7. The lowest BCUT2D eigenvalue weighted by atomic mass is 9.84. The van der Waals surface area contributed by atoms with Crippen molar-refractivity contribution in [3.63, 3.8) is 0 Å². The second-order valence-electron chi connectivity index (χ2n) is 22.8. The van der Waals surface area contributed by atoms with Gasteiger partial charge in [-0.15, -0.1) is 6.58 Å². The van der Waals surface area contributed by atoms with Gasteiger partial charge in [0.2, 0.25) is 5.91 Å². The molecule has 3 atom stereocenters. The zero-order chi connectivity index (χ0) is 55.4. The normalized spacial score (nSPS) is 16.0. The number of amides is 2. The lowest BCUT2D eigenvalue weighted by Gasteiger charge is -2.47. The summed E-state index contributed by atoms with van der Waals surface area (Å²) in [6.45, 7) is 34.2. The van der Waals surface area contributed by atoms with E-state index in [1.54, 1.807) is 47.6 Å². The highest BCUT2D eigenvalue weighted by Gasteiger charge is 2.48. The van der Waals surface area contributed by atoms with Crippen molar-refractivity contribution in [1.29, 1.82) is 0 Å². The first-order valence-corrected chi connectivity index (χ1v) is 31.8. The molecule has 0 fully saturated rings. The van der Waals surface area contributed by atoms with Gasteiger partial charge in [-0.1, -0.05) is 109 Å². The van der Waals surface area contributed by atoms with Crippen molar-refractivity contribution in [2.24, 2.45) is 0 Å². The molecule has 1 aliphatic carbocycles. The molecule has 4 aromatic carbocycles. The molecule has 15 heteroatoms. The van der Waals surface area contributed by atoms with Crippen LogP contribution in [-0.2, 0) is 31.5 Å². The third-order valence-electron chi connectivity index (χ3n) is 16.1. The van der Waals surface area contributed by atoms with Crippen molar-refractivity contribution in [2.75, 3.05) is 68.5 Å². The van der Waals surface area contributed by atoms with E-state index in [1.807, 2.05) is 49.1 Å². The number of likely N-dealkylation sites (N-methyl/N-ethyl adjacent to an activating group) is 1. The van der Waals surface area contributed by atoms with Gasteiger partial charge in [-0.25, -0.2) is 4.79 Å². The standard InChI is InChI=1S/C60H84N2O11Si2/c1-20-30-69-37-49-51-46(53(66-13)39(4)55(68-15)56(51)70-31-21-2)34-41(35-72-74(16,17)59(5,6)7)62(49)57(63)48(32-40-33-50(73-75(18,19)60(8,9)10)54(67-14)38(3)52(40)65-12)61(11)58(64)71-36-47-44-28-24-22-26-42(44)43-27-23-25-29-45(43)47/h20-29,33,41,47-49H,1-2,30-32,34-37H2,3-19H3/t41-,48-,49-/m0/s1. The average molecular weight is 1070 g/mol. The van der Waals surface area contributed by atoms with Crippen LogP contribution in [0.2, 0.25) is 36.3 Å².